The number of carbonyl (C=O) groups excluding carboxylic acids is 2. The van der Waals surface area contributed by atoms with Crippen molar-refractivity contribution in [2.45, 2.75) is 44.4 Å². The molecule has 2 aliphatic heterocycles. The van der Waals surface area contributed by atoms with E-state index in [4.69, 9.17) is 9.47 Å². The fourth-order valence-electron chi connectivity index (χ4n) is 5.00. The number of hydrogen-bond donors (Lipinski definition) is 0. The lowest BCUT2D eigenvalue weighted by molar-refractivity contribution is -0.135. The van der Waals surface area contributed by atoms with Crippen LogP contribution in [0.1, 0.15) is 42.9 Å². The second-order valence-corrected chi connectivity index (χ2v) is 8.36. The third kappa shape index (κ3) is 3.30. The maximum absolute atomic E-state index is 14.9. The molecule has 0 saturated heterocycles. The highest BCUT2D eigenvalue weighted by atomic mass is 19.1. The van der Waals surface area contributed by atoms with Crippen molar-refractivity contribution >= 4 is 11.7 Å². The molecule has 1 fully saturated rings. The molecule has 2 aromatic rings. The van der Waals surface area contributed by atoms with E-state index in [0.717, 1.165) is 31.2 Å². The summed E-state index contributed by atoms with van der Waals surface area (Å²) in [6, 6.07) is 12.9. The fraction of sp³-hybridized carbons (Fsp3) is 0.360. The zero-order valence-electron chi connectivity index (χ0n) is 17.3. The van der Waals surface area contributed by atoms with Crippen LogP contribution in [0.25, 0.3) is 0 Å². The van der Waals surface area contributed by atoms with E-state index in [1.165, 1.54) is 6.07 Å². The molecular formula is C25H24FNO4. The summed E-state index contributed by atoms with van der Waals surface area (Å²) in [6.45, 7) is 0.237. The maximum Gasteiger partial charge on any atom is 0.290 e. The second-order valence-electron chi connectivity index (χ2n) is 8.36. The Balaban J connectivity index is 1.57. The van der Waals surface area contributed by atoms with Crippen LogP contribution < -0.4 is 4.74 Å². The normalized spacial score (nSPS) is 25.2. The van der Waals surface area contributed by atoms with Crippen LogP contribution >= 0.6 is 0 Å². The van der Waals surface area contributed by atoms with Gasteiger partial charge in [0, 0.05) is 12.1 Å². The number of benzene rings is 2. The molecule has 31 heavy (non-hydrogen) atoms. The Hall–Kier alpha value is -3.15. The van der Waals surface area contributed by atoms with Crippen LogP contribution in [0.5, 0.6) is 5.75 Å². The van der Waals surface area contributed by atoms with Crippen molar-refractivity contribution in [2.75, 3.05) is 7.11 Å². The highest BCUT2D eigenvalue weighted by molar-refractivity contribution is 6.11. The fourth-order valence-corrected chi connectivity index (χ4v) is 5.00. The molecule has 5 nitrogen and oxygen atoms in total. The van der Waals surface area contributed by atoms with Crippen molar-refractivity contribution < 1.29 is 23.5 Å². The average molecular weight is 421 g/mol. The van der Waals surface area contributed by atoms with Crippen molar-refractivity contribution in [1.82, 2.24) is 4.90 Å². The van der Waals surface area contributed by atoms with Crippen molar-refractivity contribution in [3.05, 3.63) is 76.8 Å². The van der Waals surface area contributed by atoms with E-state index in [0.29, 0.717) is 16.9 Å². The monoisotopic (exact) mass is 421 g/mol. The number of rotatable bonds is 4. The zero-order chi connectivity index (χ0) is 21.5. The standard InChI is InChI=1S/C25H24FNO4/c1-30-16-12-10-15(11-13-16)14-27-22(17-6-2-4-8-19(17)26)21-23(28)18-7-3-5-9-20(18)31-24(21)25(27)29/h2,4,6,8,10-13,18,20,22H,3,5,7,9,14H2,1H3. The van der Waals surface area contributed by atoms with Crippen LogP contribution in [-0.4, -0.2) is 29.8 Å². The minimum atomic E-state index is -0.791. The van der Waals surface area contributed by atoms with Gasteiger partial charge in [0.05, 0.1) is 24.6 Å². The molecule has 3 aliphatic rings. The van der Waals surface area contributed by atoms with Crippen LogP contribution in [0, 0.1) is 11.7 Å². The Morgan fingerprint density at radius 1 is 1.06 bits per heavy atom. The van der Waals surface area contributed by atoms with Crippen LogP contribution in [0.15, 0.2) is 59.9 Å². The number of ketones is 1. The summed E-state index contributed by atoms with van der Waals surface area (Å²) in [5.41, 5.74) is 1.49. The molecule has 1 amide bonds. The van der Waals surface area contributed by atoms with E-state index >= 15 is 0 Å². The topological polar surface area (TPSA) is 55.8 Å². The molecule has 6 heteroatoms. The average Bonchev–Trinajstić information content (AvgIpc) is 3.06. The Morgan fingerprint density at radius 3 is 2.55 bits per heavy atom. The number of carbonyl (C=O) groups is 2. The first kappa shape index (κ1) is 19.8. The second kappa shape index (κ2) is 7.84. The first-order valence-electron chi connectivity index (χ1n) is 10.7. The molecule has 2 aromatic carbocycles. The molecule has 1 aliphatic carbocycles. The molecule has 1 saturated carbocycles. The number of halogens is 1. The number of methoxy groups -OCH3 is 1. The summed E-state index contributed by atoms with van der Waals surface area (Å²) in [5, 5.41) is 0. The SMILES string of the molecule is COc1ccc(CN2C(=O)C3=C(C(=O)C4CCCCC4O3)C2c2ccccc2F)cc1. The van der Waals surface area contributed by atoms with E-state index in [2.05, 4.69) is 0 Å². The lowest BCUT2D eigenvalue weighted by atomic mass is 9.77. The van der Waals surface area contributed by atoms with Gasteiger partial charge < -0.3 is 14.4 Å². The predicted molar refractivity (Wildman–Crippen MR) is 112 cm³/mol. The number of ether oxygens (including phenoxy) is 2. The zero-order valence-corrected chi connectivity index (χ0v) is 17.3. The van der Waals surface area contributed by atoms with Gasteiger partial charge in [0.25, 0.3) is 5.91 Å². The van der Waals surface area contributed by atoms with Gasteiger partial charge in [-0.05, 0) is 43.0 Å². The smallest absolute Gasteiger partial charge is 0.290 e. The predicted octanol–water partition coefficient (Wildman–Crippen LogP) is 4.33. The van der Waals surface area contributed by atoms with Crippen LogP contribution in [0.4, 0.5) is 4.39 Å². The van der Waals surface area contributed by atoms with Gasteiger partial charge in [-0.3, -0.25) is 9.59 Å². The molecule has 0 aromatic heterocycles. The minimum Gasteiger partial charge on any atom is -0.497 e. The van der Waals surface area contributed by atoms with Gasteiger partial charge in [-0.25, -0.2) is 4.39 Å². The van der Waals surface area contributed by atoms with Gasteiger partial charge >= 0.3 is 0 Å². The Bertz CT molecular complexity index is 1060. The molecular weight excluding hydrogens is 397 g/mol. The lowest BCUT2D eigenvalue weighted by Gasteiger charge is -2.35. The highest BCUT2D eigenvalue weighted by Gasteiger charge is 2.52. The number of Topliss-reactive ketones (excluding diaryl/α,β-unsaturated/α-hetero) is 1. The van der Waals surface area contributed by atoms with Crippen LogP contribution in [0.2, 0.25) is 0 Å². The van der Waals surface area contributed by atoms with Gasteiger partial charge in [0.15, 0.2) is 11.5 Å². The number of amides is 1. The Labute approximate surface area is 180 Å². The number of hydrogen-bond acceptors (Lipinski definition) is 4. The number of nitrogens with zero attached hydrogens (tertiary/aromatic N) is 1. The Morgan fingerprint density at radius 2 is 1.81 bits per heavy atom. The van der Waals surface area contributed by atoms with Crippen molar-refractivity contribution in [3.8, 4) is 5.75 Å². The third-order valence-electron chi connectivity index (χ3n) is 6.57. The summed E-state index contributed by atoms with van der Waals surface area (Å²) < 4.78 is 26.2. The van der Waals surface area contributed by atoms with Crippen molar-refractivity contribution in [2.24, 2.45) is 5.92 Å². The van der Waals surface area contributed by atoms with Gasteiger partial charge in [0.2, 0.25) is 0 Å². The first-order valence-corrected chi connectivity index (χ1v) is 10.7. The molecule has 2 heterocycles. The van der Waals surface area contributed by atoms with E-state index in [9.17, 15) is 14.0 Å². The summed E-state index contributed by atoms with van der Waals surface area (Å²) in [6.07, 6.45) is 3.20. The summed E-state index contributed by atoms with van der Waals surface area (Å²) in [4.78, 5) is 28.5. The van der Waals surface area contributed by atoms with E-state index in [1.807, 2.05) is 24.3 Å². The van der Waals surface area contributed by atoms with Gasteiger partial charge in [-0.1, -0.05) is 36.8 Å². The summed E-state index contributed by atoms with van der Waals surface area (Å²) in [5.74, 6) is -0.291. The molecule has 3 unspecified atom stereocenters. The molecule has 160 valence electrons. The van der Waals surface area contributed by atoms with Gasteiger partial charge in [-0.2, -0.15) is 0 Å². The molecule has 0 N–H and O–H groups in total. The molecule has 0 spiro atoms. The quantitative estimate of drug-likeness (QED) is 0.737. The number of fused-ring (bicyclic) bond motifs is 1. The summed E-state index contributed by atoms with van der Waals surface area (Å²) >= 11 is 0. The highest BCUT2D eigenvalue weighted by Crippen LogP contribution is 2.47. The molecule has 5 rings (SSSR count). The third-order valence-corrected chi connectivity index (χ3v) is 6.57. The lowest BCUT2D eigenvalue weighted by Crippen LogP contribution is -2.39. The van der Waals surface area contributed by atoms with E-state index < -0.39 is 11.9 Å². The summed E-state index contributed by atoms with van der Waals surface area (Å²) in [7, 11) is 1.59. The van der Waals surface area contributed by atoms with Crippen LogP contribution in [-0.2, 0) is 20.9 Å². The van der Waals surface area contributed by atoms with Gasteiger partial charge in [-0.15, -0.1) is 0 Å². The Kier molecular flexibility index (Phi) is 5.00. The van der Waals surface area contributed by atoms with E-state index in [1.54, 1.807) is 30.2 Å². The minimum absolute atomic E-state index is 0.0650. The van der Waals surface area contributed by atoms with E-state index in [-0.39, 0.29) is 36.0 Å². The molecule has 3 atom stereocenters. The van der Waals surface area contributed by atoms with Crippen molar-refractivity contribution in [3.63, 3.8) is 0 Å². The molecule has 0 radical (unpaired) electrons. The molecule has 0 bridgehead atoms. The largest absolute Gasteiger partial charge is 0.497 e. The van der Waals surface area contributed by atoms with Crippen LogP contribution in [0.3, 0.4) is 0 Å². The first-order chi connectivity index (χ1) is 15.1. The maximum atomic E-state index is 14.9. The van der Waals surface area contributed by atoms with Gasteiger partial charge in [0.1, 0.15) is 17.7 Å². The van der Waals surface area contributed by atoms with Crippen molar-refractivity contribution in [1.29, 1.82) is 0 Å².